The lowest BCUT2D eigenvalue weighted by Crippen LogP contribution is -1.95. The summed E-state index contributed by atoms with van der Waals surface area (Å²) in [5, 5.41) is 10.8. The predicted molar refractivity (Wildman–Crippen MR) is 73.8 cm³/mol. The highest BCUT2D eigenvalue weighted by Gasteiger charge is 2.16. The normalized spacial score (nSPS) is 10.2. The minimum absolute atomic E-state index is 0.0279. The number of hydrogen-bond acceptors (Lipinski definition) is 4. The summed E-state index contributed by atoms with van der Waals surface area (Å²) in [7, 11) is 0. The Morgan fingerprint density at radius 3 is 2.58 bits per heavy atom. The van der Waals surface area contributed by atoms with Gasteiger partial charge in [0.25, 0.3) is 5.69 Å². The van der Waals surface area contributed by atoms with E-state index in [0.29, 0.717) is 22.7 Å². The lowest BCUT2D eigenvalue weighted by Gasteiger charge is -2.11. The first kappa shape index (κ1) is 13.2. The summed E-state index contributed by atoms with van der Waals surface area (Å²) in [6.45, 7) is 1.71. The lowest BCUT2D eigenvalue weighted by atomic mass is 10.2. The second-order valence-corrected chi connectivity index (χ2v) is 4.37. The fourth-order valence-corrected chi connectivity index (χ4v) is 1.81. The van der Waals surface area contributed by atoms with Crippen molar-refractivity contribution >= 4 is 23.0 Å². The van der Waals surface area contributed by atoms with Crippen LogP contribution in [0, 0.1) is 17.0 Å². The third-order valence-electron chi connectivity index (χ3n) is 2.58. The van der Waals surface area contributed by atoms with Crippen molar-refractivity contribution in [3.05, 3.63) is 57.1 Å². The number of hydrogen-bond donors (Lipinski definition) is 1. The predicted octanol–water partition coefficient (Wildman–Crippen LogP) is 3.93. The third-order valence-corrected chi connectivity index (χ3v) is 2.88. The summed E-state index contributed by atoms with van der Waals surface area (Å²) in [4.78, 5) is 10.2. The number of anilines is 1. The van der Waals surface area contributed by atoms with Gasteiger partial charge in [-0.05, 0) is 24.6 Å². The number of nitrogens with zero attached hydrogens (tertiary/aromatic N) is 1. The average molecular weight is 279 g/mol. The Hall–Kier alpha value is -2.27. The van der Waals surface area contributed by atoms with E-state index in [1.54, 1.807) is 31.2 Å². The van der Waals surface area contributed by atoms with Crippen LogP contribution in [0.3, 0.4) is 0 Å². The standard InChI is InChI=1S/C13H11ClN2O3/c1-8-6-11(16(17)18)9(14)7-13(8)19-12-5-3-2-4-10(12)15/h2-7H,15H2,1H3. The minimum atomic E-state index is -0.532. The zero-order valence-electron chi connectivity index (χ0n) is 10.1. The smallest absolute Gasteiger partial charge is 0.288 e. The molecule has 0 aliphatic carbocycles. The van der Waals surface area contributed by atoms with Gasteiger partial charge < -0.3 is 10.5 Å². The molecular formula is C13H11ClN2O3. The summed E-state index contributed by atoms with van der Waals surface area (Å²) in [6.07, 6.45) is 0. The van der Waals surface area contributed by atoms with E-state index in [4.69, 9.17) is 22.1 Å². The molecule has 6 heteroatoms. The summed E-state index contributed by atoms with van der Waals surface area (Å²) >= 11 is 5.85. The number of nitro groups is 1. The van der Waals surface area contributed by atoms with Gasteiger partial charge in [-0.3, -0.25) is 10.1 Å². The van der Waals surface area contributed by atoms with E-state index in [1.165, 1.54) is 12.1 Å². The third kappa shape index (κ3) is 2.77. The van der Waals surface area contributed by atoms with Crippen molar-refractivity contribution in [3.63, 3.8) is 0 Å². The molecule has 0 unspecified atom stereocenters. The Bertz CT molecular complexity index is 644. The summed E-state index contributed by atoms with van der Waals surface area (Å²) in [5.74, 6) is 0.920. The van der Waals surface area contributed by atoms with Crippen LogP contribution >= 0.6 is 11.6 Å². The molecule has 2 N–H and O–H groups in total. The average Bonchev–Trinajstić information content (AvgIpc) is 2.35. The fraction of sp³-hybridized carbons (Fsp3) is 0.0769. The lowest BCUT2D eigenvalue weighted by molar-refractivity contribution is -0.384. The van der Waals surface area contributed by atoms with Gasteiger partial charge in [-0.15, -0.1) is 0 Å². The van der Waals surface area contributed by atoms with Gasteiger partial charge in [0, 0.05) is 12.1 Å². The second kappa shape index (κ2) is 5.16. The monoisotopic (exact) mass is 278 g/mol. The minimum Gasteiger partial charge on any atom is -0.455 e. The molecule has 0 heterocycles. The molecule has 2 aromatic carbocycles. The zero-order chi connectivity index (χ0) is 14.0. The molecule has 0 aromatic heterocycles. The Balaban J connectivity index is 2.39. The van der Waals surface area contributed by atoms with E-state index in [1.807, 2.05) is 0 Å². The Morgan fingerprint density at radius 1 is 1.26 bits per heavy atom. The van der Waals surface area contributed by atoms with Crippen LogP contribution in [0.1, 0.15) is 5.56 Å². The molecule has 98 valence electrons. The number of para-hydroxylation sites is 2. The van der Waals surface area contributed by atoms with E-state index >= 15 is 0 Å². The Morgan fingerprint density at radius 2 is 1.95 bits per heavy atom. The highest BCUT2D eigenvalue weighted by Crippen LogP contribution is 2.35. The maximum absolute atomic E-state index is 10.8. The maximum Gasteiger partial charge on any atom is 0.288 e. The van der Waals surface area contributed by atoms with E-state index in [0.717, 1.165) is 0 Å². The SMILES string of the molecule is Cc1cc([N+](=O)[O-])c(Cl)cc1Oc1ccccc1N. The van der Waals surface area contributed by atoms with Crippen LogP contribution in [-0.4, -0.2) is 4.92 Å². The van der Waals surface area contributed by atoms with Gasteiger partial charge in [-0.1, -0.05) is 23.7 Å². The number of aryl methyl sites for hydroxylation is 1. The van der Waals surface area contributed by atoms with Crippen molar-refractivity contribution in [3.8, 4) is 11.5 Å². The molecule has 19 heavy (non-hydrogen) atoms. The van der Waals surface area contributed by atoms with Gasteiger partial charge in [-0.25, -0.2) is 0 Å². The van der Waals surface area contributed by atoms with Gasteiger partial charge in [0.2, 0.25) is 0 Å². The molecule has 2 aromatic rings. The number of nitrogens with two attached hydrogens (primary N) is 1. The van der Waals surface area contributed by atoms with Crippen LogP contribution in [0.5, 0.6) is 11.5 Å². The van der Waals surface area contributed by atoms with Crippen LogP contribution in [0.4, 0.5) is 11.4 Å². The molecule has 2 rings (SSSR count). The zero-order valence-corrected chi connectivity index (χ0v) is 10.8. The van der Waals surface area contributed by atoms with Crippen molar-refractivity contribution in [2.75, 3.05) is 5.73 Å². The molecule has 0 fully saturated rings. The largest absolute Gasteiger partial charge is 0.455 e. The fourth-order valence-electron chi connectivity index (χ4n) is 1.59. The first-order chi connectivity index (χ1) is 8.99. The van der Waals surface area contributed by atoms with Gasteiger partial charge in [0.15, 0.2) is 0 Å². The summed E-state index contributed by atoms with van der Waals surface area (Å²) in [6, 6.07) is 9.78. The van der Waals surface area contributed by atoms with Crippen molar-refractivity contribution < 1.29 is 9.66 Å². The number of rotatable bonds is 3. The van der Waals surface area contributed by atoms with Crippen molar-refractivity contribution in [1.29, 1.82) is 0 Å². The van der Waals surface area contributed by atoms with Gasteiger partial charge in [0.05, 0.1) is 10.6 Å². The number of halogens is 1. The highest BCUT2D eigenvalue weighted by atomic mass is 35.5. The number of benzene rings is 2. The van der Waals surface area contributed by atoms with E-state index < -0.39 is 4.92 Å². The van der Waals surface area contributed by atoms with Crippen LogP contribution in [0.25, 0.3) is 0 Å². The number of ether oxygens (including phenoxy) is 1. The summed E-state index contributed by atoms with van der Waals surface area (Å²) < 4.78 is 5.62. The van der Waals surface area contributed by atoms with Crippen LogP contribution < -0.4 is 10.5 Å². The molecule has 0 bridgehead atoms. The van der Waals surface area contributed by atoms with Crippen molar-refractivity contribution in [1.82, 2.24) is 0 Å². The maximum atomic E-state index is 10.8. The first-order valence-corrected chi connectivity index (χ1v) is 5.83. The molecule has 0 amide bonds. The Kier molecular flexibility index (Phi) is 3.57. The van der Waals surface area contributed by atoms with Crippen LogP contribution in [0.2, 0.25) is 5.02 Å². The summed E-state index contributed by atoms with van der Waals surface area (Å²) in [5.41, 5.74) is 6.72. The molecule has 0 atom stereocenters. The van der Waals surface area contributed by atoms with Gasteiger partial charge in [0.1, 0.15) is 16.5 Å². The van der Waals surface area contributed by atoms with Crippen molar-refractivity contribution in [2.24, 2.45) is 0 Å². The van der Waals surface area contributed by atoms with Gasteiger partial charge >= 0.3 is 0 Å². The highest BCUT2D eigenvalue weighted by molar-refractivity contribution is 6.32. The molecule has 0 spiro atoms. The number of nitrogen functional groups attached to an aromatic ring is 1. The molecule has 0 saturated carbocycles. The molecule has 0 saturated heterocycles. The molecule has 5 nitrogen and oxygen atoms in total. The number of nitro benzene ring substituents is 1. The van der Waals surface area contributed by atoms with Crippen LogP contribution in [-0.2, 0) is 0 Å². The molecule has 0 aliphatic rings. The van der Waals surface area contributed by atoms with E-state index in [9.17, 15) is 10.1 Å². The van der Waals surface area contributed by atoms with Crippen LogP contribution in [0.15, 0.2) is 36.4 Å². The first-order valence-electron chi connectivity index (χ1n) is 5.46. The molecule has 0 radical (unpaired) electrons. The second-order valence-electron chi connectivity index (χ2n) is 3.97. The quantitative estimate of drug-likeness (QED) is 0.524. The van der Waals surface area contributed by atoms with E-state index in [2.05, 4.69) is 0 Å². The molecular weight excluding hydrogens is 268 g/mol. The van der Waals surface area contributed by atoms with Crippen molar-refractivity contribution in [2.45, 2.75) is 6.92 Å². The van der Waals surface area contributed by atoms with Gasteiger partial charge in [-0.2, -0.15) is 0 Å². The van der Waals surface area contributed by atoms with E-state index in [-0.39, 0.29) is 10.7 Å². The molecule has 0 aliphatic heterocycles. The Labute approximate surface area is 114 Å². The topological polar surface area (TPSA) is 78.4 Å².